The van der Waals surface area contributed by atoms with E-state index in [0.717, 1.165) is 12.1 Å². The predicted molar refractivity (Wildman–Crippen MR) is 63.7 cm³/mol. The van der Waals surface area contributed by atoms with Crippen molar-refractivity contribution in [2.45, 2.75) is 0 Å². The van der Waals surface area contributed by atoms with Crippen molar-refractivity contribution >= 4 is 28.9 Å². The second-order valence-electron chi connectivity index (χ2n) is 3.48. The van der Waals surface area contributed by atoms with Gasteiger partial charge in [0.2, 0.25) is 0 Å². The van der Waals surface area contributed by atoms with Crippen LogP contribution in [-0.2, 0) is 0 Å². The zero-order chi connectivity index (χ0) is 13.2. The minimum atomic E-state index is -0.641. The quantitative estimate of drug-likeness (QED) is 0.479. The SMILES string of the molecule is CN(C)NC(=O)c1cc([N+](=O)[O-])cc(Cl)c1N. The molecule has 0 saturated heterocycles. The van der Waals surface area contributed by atoms with Crippen molar-refractivity contribution in [3.05, 3.63) is 32.8 Å². The van der Waals surface area contributed by atoms with Crippen molar-refractivity contribution < 1.29 is 9.72 Å². The maximum atomic E-state index is 11.7. The Bertz CT molecular complexity index is 476. The number of carbonyl (C=O) groups excluding carboxylic acids is 1. The summed E-state index contributed by atoms with van der Waals surface area (Å²) in [4.78, 5) is 21.7. The van der Waals surface area contributed by atoms with Gasteiger partial charge in [-0.25, -0.2) is 5.01 Å². The van der Waals surface area contributed by atoms with Crippen LogP contribution in [0.2, 0.25) is 5.02 Å². The van der Waals surface area contributed by atoms with E-state index in [1.54, 1.807) is 14.1 Å². The van der Waals surface area contributed by atoms with Crippen molar-refractivity contribution in [2.75, 3.05) is 19.8 Å². The number of rotatable bonds is 3. The number of nitrogens with one attached hydrogen (secondary N) is 1. The Kier molecular flexibility index (Phi) is 3.87. The van der Waals surface area contributed by atoms with Crippen molar-refractivity contribution in [1.82, 2.24) is 10.4 Å². The van der Waals surface area contributed by atoms with Gasteiger partial charge in [0.05, 0.1) is 21.2 Å². The average molecular weight is 259 g/mol. The van der Waals surface area contributed by atoms with Crippen LogP contribution in [-0.4, -0.2) is 29.9 Å². The highest BCUT2D eigenvalue weighted by Crippen LogP contribution is 2.28. The second kappa shape index (κ2) is 4.98. The molecule has 0 aromatic heterocycles. The number of non-ortho nitro benzene ring substituents is 1. The number of nitro groups is 1. The molecule has 8 heteroatoms. The molecule has 1 aromatic rings. The van der Waals surface area contributed by atoms with E-state index in [1.165, 1.54) is 5.01 Å². The molecule has 0 unspecified atom stereocenters. The van der Waals surface area contributed by atoms with E-state index in [4.69, 9.17) is 17.3 Å². The standard InChI is InChI=1S/C9H11ClN4O3/c1-13(2)12-9(15)6-3-5(14(16)17)4-7(10)8(6)11/h3-4H,11H2,1-2H3,(H,12,15). The van der Waals surface area contributed by atoms with E-state index < -0.39 is 10.8 Å². The van der Waals surface area contributed by atoms with Gasteiger partial charge in [-0.05, 0) is 0 Å². The lowest BCUT2D eigenvalue weighted by molar-refractivity contribution is -0.384. The number of nitrogens with zero attached hydrogens (tertiary/aromatic N) is 2. The smallest absolute Gasteiger partial charge is 0.271 e. The summed E-state index contributed by atoms with van der Waals surface area (Å²) in [6.45, 7) is 0. The van der Waals surface area contributed by atoms with Crippen LogP contribution >= 0.6 is 11.6 Å². The Labute approximate surface area is 102 Å². The van der Waals surface area contributed by atoms with Gasteiger partial charge in [0.15, 0.2) is 0 Å². The van der Waals surface area contributed by atoms with Crippen LogP contribution in [0.3, 0.4) is 0 Å². The van der Waals surface area contributed by atoms with Gasteiger partial charge in [-0.2, -0.15) is 0 Å². The Hall–Kier alpha value is -1.86. The van der Waals surface area contributed by atoms with Crippen LogP contribution in [0.5, 0.6) is 0 Å². The largest absolute Gasteiger partial charge is 0.397 e. The third kappa shape index (κ3) is 3.05. The molecule has 0 spiro atoms. The summed E-state index contributed by atoms with van der Waals surface area (Å²) in [5, 5.41) is 12.0. The lowest BCUT2D eigenvalue weighted by Crippen LogP contribution is -2.36. The number of hydrazine groups is 1. The molecule has 0 heterocycles. The first-order valence-corrected chi connectivity index (χ1v) is 4.92. The highest BCUT2D eigenvalue weighted by molar-refractivity contribution is 6.34. The molecule has 0 fully saturated rings. The van der Waals surface area contributed by atoms with E-state index in [0.29, 0.717) is 0 Å². The van der Waals surface area contributed by atoms with Crippen molar-refractivity contribution in [1.29, 1.82) is 0 Å². The van der Waals surface area contributed by atoms with Crippen LogP contribution in [0, 0.1) is 10.1 Å². The first-order valence-electron chi connectivity index (χ1n) is 4.54. The van der Waals surface area contributed by atoms with Crippen LogP contribution in [0.1, 0.15) is 10.4 Å². The number of carbonyl (C=O) groups is 1. The average Bonchev–Trinajstić information content (AvgIpc) is 2.20. The van der Waals surface area contributed by atoms with Crippen LogP contribution < -0.4 is 11.2 Å². The highest BCUT2D eigenvalue weighted by atomic mass is 35.5. The fourth-order valence-corrected chi connectivity index (χ4v) is 1.37. The molecule has 0 saturated carbocycles. The molecule has 0 aliphatic carbocycles. The highest BCUT2D eigenvalue weighted by Gasteiger charge is 2.18. The number of hydrogen-bond donors (Lipinski definition) is 2. The number of hydrogen-bond acceptors (Lipinski definition) is 5. The van der Waals surface area contributed by atoms with E-state index in [9.17, 15) is 14.9 Å². The van der Waals surface area contributed by atoms with E-state index >= 15 is 0 Å². The molecule has 1 amide bonds. The number of nitro benzene ring substituents is 1. The molecule has 92 valence electrons. The Morgan fingerprint density at radius 2 is 2.12 bits per heavy atom. The monoisotopic (exact) mass is 258 g/mol. The van der Waals surface area contributed by atoms with Crippen molar-refractivity contribution in [3.8, 4) is 0 Å². The minimum Gasteiger partial charge on any atom is -0.397 e. The molecule has 3 N–H and O–H groups in total. The predicted octanol–water partition coefficient (Wildman–Crippen LogP) is 1.04. The number of anilines is 1. The molecule has 17 heavy (non-hydrogen) atoms. The number of halogens is 1. The van der Waals surface area contributed by atoms with Crippen molar-refractivity contribution in [2.24, 2.45) is 0 Å². The zero-order valence-corrected chi connectivity index (χ0v) is 9.99. The number of nitrogen functional groups attached to an aromatic ring is 1. The Balaban J connectivity index is 3.22. The second-order valence-corrected chi connectivity index (χ2v) is 3.89. The normalized spacial score (nSPS) is 10.4. The van der Waals surface area contributed by atoms with Gasteiger partial charge in [0, 0.05) is 26.2 Å². The van der Waals surface area contributed by atoms with Gasteiger partial charge in [-0.15, -0.1) is 0 Å². The van der Waals surface area contributed by atoms with E-state index in [2.05, 4.69) is 5.43 Å². The Morgan fingerprint density at radius 3 is 2.59 bits per heavy atom. The molecule has 1 aromatic carbocycles. The van der Waals surface area contributed by atoms with Crippen LogP contribution in [0.15, 0.2) is 12.1 Å². The topological polar surface area (TPSA) is 102 Å². The van der Waals surface area contributed by atoms with Crippen LogP contribution in [0.25, 0.3) is 0 Å². The van der Waals surface area contributed by atoms with Gasteiger partial charge in [-0.3, -0.25) is 20.3 Å². The van der Waals surface area contributed by atoms with E-state index in [-0.39, 0.29) is 22.0 Å². The minimum absolute atomic E-state index is 0.0108. The molecule has 0 aliphatic heterocycles. The molecule has 7 nitrogen and oxygen atoms in total. The third-order valence-corrected chi connectivity index (χ3v) is 2.21. The Morgan fingerprint density at radius 1 is 1.53 bits per heavy atom. The summed E-state index contributed by atoms with van der Waals surface area (Å²) in [7, 11) is 3.21. The van der Waals surface area contributed by atoms with Gasteiger partial charge < -0.3 is 5.73 Å². The number of nitrogens with two attached hydrogens (primary N) is 1. The molecule has 1 rings (SSSR count). The zero-order valence-electron chi connectivity index (χ0n) is 9.23. The maximum Gasteiger partial charge on any atom is 0.271 e. The lowest BCUT2D eigenvalue weighted by Gasteiger charge is -2.13. The molecule has 0 bridgehead atoms. The van der Waals surface area contributed by atoms with Gasteiger partial charge in [0.25, 0.3) is 11.6 Å². The summed E-state index contributed by atoms with van der Waals surface area (Å²) in [6, 6.07) is 2.18. The third-order valence-electron chi connectivity index (χ3n) is 1.89. The number of benzene rings is 1. The molecule has 0 atom stereocenters. The molecular weight excluding hydrogens is 248 g/mol. The van der Waals surface area contributed by atoms with Gasteiger partial charge in [0.1, 0.15) is 0 Å². The fourth-order valence-electron chi connectivity index (χ4n) is 1.16. The summed E-state index contributed by atoms with van der Waals surface area (Å²) >= 11 is 5.72. The molecule has 0 radical (unpaired) electrons. The van der Waals surface area contributed by atoms with Gasteiger partial charge in [-0.1, -0.05) is 11.6 Å². The number of amides is 1. The van der Waals surface area contributed by atoms with E-state index in [1.807, 2.05) is 0 Å². The van der Waals surface area contributed by atoms with Crippen LogP contribution in [0.4, 0.5) is 11.4 Å². The summed E-state index contributed by atoms with van der Waals surface area (Å²) in [6.07, 6.45) is 0. The lowest BCUT2D eigenvalue weighted by atomic mass is 10.1. The summed E-state index contributed by atoms with van der Waals surface area (Å²) < 4.78 is 0. The first kappa shape index (κ1) is 13.2. The maximum absolute atomic E-state index is 11.7. The molecular formula is C9H11ClN4O3. The fraction of sp³-hybridized carbons (Fsp3) is 0.222. The summed E-state index contributed by atoms with van der Waals surface area (Å²) in [5.41, 5.74) is 7.72. The van der Waals surface area contributed by atoms with Gasteiger partial charge >= 0.3 is 0 Å². The summed E-state index contributed by atoms with van der Waals surface area (Å²) in [5.74, 6) is -0.557. The molecule has 0 aliphatic rings. The first-order chi connectivity index (χ1) is 7.82. The van der Waals surface area contributed by atoms with Crippen molar-refractivity contribution in [3.63, 3.8) is 0 Å².